The molecule has 1 aliphatic rings. The van der Waals surface area contributed by atoms with E-state index in [1.807, 2.05) is 24.3 Å². The molecule has 8 heteroatoms. The number of hydrogen-bond donors (Lipinski definition) is 1. The summed E-state index contributed by atoms with van der Waals surface area (Å²) < 4.78 is 10.7. The number of nitrogens with zero attached hydrogens (tertiary/aromatic N) is 1. The Morgan fingerprint density at radius 3 is 2.46 bits per heavy atom. The van der Waals surface area contributed by atoms with Gasteiger partial charge in [-0.25, -0.2) is 0 Å². The van der Waals surface area contributed by atoms with Crippen LogP contribution in [0.3, 0.4) is 0 Å². The molecule has 2 aromatic carbocycles. The van der Waals surface area contributed by atoms with Crippen LogP contribution in [0.25, 0.3) is 0 Å². The van der Waals surface area contributed by atoms with Crippen molar-refractivity contribution in [3.63, 3.8) is 0 Å². The van der Waals surface area contributed by atoms with Gasteiger partial charge in [-0.2, -0.15) is 0 Å². The number of rotatable bonds is 10. The van der Waals surface area contributed by atoms with E-state index in [9.17, 15) is 9.59 Å². The van der Waals surface area contributed by atoms with Gasteiger partial charge in [0, 0.05) is 23.2 Å². The predicted octanol–water partition coefficient (Wildman–Crippen LogP) is 5.40. The zero-order valence-corrected chi connectivity index (χ0v) is 22.1. The highest BCUT2D eigenvalue weighted by Crippen LogP contribution is 2.32. The number of methoxy groups -OCH3 is 2. The van der Waals surface area contributed by atoms with Crippen molar-refractivity contribution in [2.75, 3.05) is 26.6 Å². The molecule has 0 saturated heterocycles. The van der Waals surface area contributed by atoms with Gasteiger partial charge in [-0.05, 0) is 48.9 Å². The molecule has 1 aliphatic carbocycles. The first kappa shape index (κ1) is 27.2. The molecule has 0 aliphatic heterocycles. The van der Waals surface area contributed by atoms with Crippen LogP contribution >= 0.6 is 23.2 Å². The summed E-state index contributed by atoms with van der Waals surface area (Å²) in [5.74, 6) is 0.807. The molecule has 3 atom stereocenters. The minimum atomic E-state index is -0.885. The van der Waals surface area contributed by atoms with Gasteiger partial charge in [0.25, 0.3) is 0 Å². The molecule has 0 radical (unpaired) electrons. The molecule has 0 unspecified atom stereocenters. The van der Waals surface area contributed by atoms with E-state index in [4.69, 9.17) is 32.7 Å². The highest BCUT2D eigenvalue weighted by atomic mass is 35.5. The van der Waals surface area contributed by atoms with Crippen LogP contribution in [-0.2, 0) is 16.0 Å². The van der Waals surface area contributed by atoms with Gasteiger partial charge in [0.1, 0.15) is 11.9 Å². The number of carbonyl (C=O) groups excluding carboxylic acids is 2. The minimum Gasteiger partial charge on any atom is -0.493 e. The average Bonchev–Trinajstić information content (AvgIpc) is 2.87. The van der Waals surface area contributed by atoms with E-state index in [1.165, 1.54) is 11.3 Å². The molecule has 2 aromatic rings. The van der Waals surface area contributed by atoms with Crippen LogP contribution in [0.2, 0.25) is 5.02 Å². The van der Waals surface area contributed by atoms with Gasteiger partial charge in [-0.15, -0.1) is 11.6 Å². The topological polar surface area (TPSA) is 67.9 Å². The highest BCUT2D eigenvalue weighted by molar-refractivity contribution is 6.31. The first-order chi connectivity index (χ1) is 16.9. The molecular formula is C27H34Cl2N2O4. The number of amides is 2. The fourth-order valence-corrected chi connectivity index (χ4v) is 5.09. The number of alkyl halides is 1. The number of halogens is 2. The maximum absolute atomic E-state index is 13.7. The van der Waals surface area contributed by atoms with Crippen LogP contribution in [0.4, 0.5) is 0 Å². The number of nitrogens with one attached hydrogen (secondary N) is 1. The van der Waals surface area contributed by atoms with Crippen molar-refractivity contribution in [1.29, 1.82) is 0 Å². The van der Waals surface area contributed by atoms with Crippen LogP contribution in [0.5, 0.6) is 11.5 Å². The molecule has 2 amide bonds. The fraction of sp³-hybridized carbons (Fsp3) is 0.481. The van der Waals surface area contributed by atoms with E-state index in [1.54, 1.807) is 32.4 Å². The Labute approximate surface area is 217 Å². The second kappa shape index (κ2) is 13.0. The lowest BCUT2D eigenvalue weighted by molar-refractivity contribution is -0.139. The first-order valence-corrected chi connectivity index (χ1v) is 12.9. The molecule has 6 nitrogen and oxygen atoms in total. The fourth-order valence-electron chi connectivity index (χ4n) is 4.70. The monoisotopic (exact) mass is 520 g/mol. The average molecular weight is 521 g/mol. The number of ether oxygens (including phenoxy) is 2. The summed E-state index contributed by atoms with van der Waals surface area (Å²) in [6.45, 7) is 2.44. The molecule has 35 heavy (non-hydrogen) atoms. The molecule has 190 valence electrons. The molecule has 1 N–H and O–H groups in total. The zero-order valence-electron chi connectivity index (χ0n) is 20.6. The third-order valence-corrected chi connectivity index (χ3v) is 7.30. The van der Waals surface area contributed by atoms with Crippen LogP contribution in [0, 0.1) is 5.92 Å². The molecule has 0 spiro atoms. The third kappa shape index (κ3) is 6.83. The second-order valence-corrected chi connectivity index (χ2v) is 9.64. The van der Waals surface area contributed by atoms with Crippen LogP contribution in [0.1, 0.15) is 49.8 Å². The van der Waals surface area contributed by atoms with Crippen LogP contribution in [-0.4, -0.2) is 49.4 Å². The lowest BCUT2D eigenvalue weighted by Crippen LogP contribution is -2.49. The Balaban J connectivity index is 1.91. The van der Waals surface area contributed by atoms with Gasteiger partial charge in [-0.1, -0.05) is 55.6 Å². The number of benzene rings is 2. The summed E-state index contributed by atoms with van der Waals surface area (Å²) in [4.78, 5) is 28.3. The van der Waals surface area contributed by atoms with Crippen molar-refractivity contribution in [3.05, 3.63) is 58.6 Å². The van der Waals surface area contributed by atoms with Crippen LogP contribution < -0.4 is 14.8 Å². The minimum absolute atomic E-state index is 0.0695. The number of hydrogen-bond acceptors (Lipinski definition) is 4. The zero-order chi connectivity index (χ0) is 25.4. The van der Waals surface area contributed by atoms with E-state index in [0.29, 0.717) is 34.4 Å². The van der Waals surface area contributed by atoms with Crippen molar-refractivity contribution in [2.45, 2.75) is 51.1 Å². The summed E-state index contributed by atoms with van der Waals surface area (Å²) >= 11 is 12.5. The smallest absolute Gasteiger partial charge is 0.247 e. The van der Waals surface area contributed by atoms with E-state index in [2.05, 4.69) is 12.2 Å². The van der Waals surface area contributed by atoms with Gasteiger partial charge >= 0.3 is 0 Å². The van der Waals surface area contributed by atoms with Crippen molar-refractivity contribution in [3.8, 4) is 11.5 Å². The molecule has 0 bridgehead atoms. The summed E-state index contributed by atoms with van der Waals surface area (Å²) in [6, 6.07) is 12.0. The summed E-state index contributed by atoms with van der Waals surface area (Å²) in [6.07, 6.45) is 4.75. The maximum atomic E-state index is 13.7. The standard InChI is InChI=1S/C27H34Cl2N2O4/c1-18-8-4-7-11-22(18)30-27(33)26(20-9-5-6-10-21(20)29)31(25(32)17-28)15-14-19-12-13-23(34-2)24(16-19)35-3/h5-6,9-10,12-13,16,18,22,26H,4,7-8,11,14-15,17H2,1-3H3,(H,30,33)/t18-,22+,26-/m0/s1. The van der Waals surface area contributed by atoms with Crippen molar-refractivity contribution < 1.29 is 19.1 Å². The third-order valence-electron chi connectivity index (χ3n) is 6.72. The molecule has 3 rings (SSSR count). The SMILES string of the molecule is COc1ccc(CCN(C(=O)CCl)[C@H](C(=O)N[C@@H]2CCCC[C@@H]2C)c2ccccc2Cl)cc1OC. The van der Waals surface area contributed by atoms with E-state index in [0.717, 1.165) is 24.8 Å². The van der Waals surface area contributed by atoms with Gasteiger partial charge in [-0.3, -0.25) is 9.59 Å². The van der Waals surface area contributed by atoms with Gasteiger partial charge in [0.05, 0.1) is 14.2 Å². The molecular weight excluding hydrogens is 487 g/mol. The Kier molecular flexibility index (Phi) is 10.1. The largest absolute Gasteiger partial charge is 0.493 e. The lowest BCUT2D eigenvalue weighted by atomic mass is 9.85. The normalized spacial score (nSPS) is 18.4. The van der Waals surface area contributed by atoms with Crippen molar-refractivity contribution in [1.82, 2.24) is 10.2 Å². The van der Waals surface area contributed by atoms with Gasteiger partial charge in [0.2, 0.25) is 11.8 Å². The Morgan fingerprint density at radius 2 is 1.80 bits per heavy atom. The van der Waals surface area contributed by atoms with E-state index >= 15 is 0 Å². The highest BCUT2D eigenvalue weighted by Gasteiger charge is 2.34. The van der Waals surface area contributed by atoms with Crippen molar-refractivity contribution in [2.24, 2.45) is 5.92 Å². The molecule has 1 fully saturated rings. The lowest BCUT2D eigenvalue weighted by Gasteiger charge is -2.35. The van der Waals surface area contributed by atoms with E-state index in [-0.39, 0.29) is 30.3 Å². The first-order valence-electron chi connectivity index (χ1n) is 12.0. The van der Waals surface area contributed by atoms with Crippen LogP contribution in [0.15, 0.2) is 42.5 Å². The molecule has 0 heterocycles. The Morgan fingerprint density at radius 1 is 1.09 bits per heavy atom. The van der Waals surface area contributed by atoms with E-state index < -0.39 is 6.04 Å². The summed E-state index contributed by atoms with van der Waals surface area (Å²) in [5, 5.41) is 3.65. The summed E-state index contributed by atoms with van der Waals surface area (Å²) in [7, 11) is 3.16. The van der Waals surface area contributed by atoms with Gasteiger partial charge < -0.3 is 19.7 Å². The molecule has 1 saturated carbocycles. The Hall–Kier alpha value is -2.44. The van der Waals surface area contributed by atoms with Gasteiger partial charge in [0.15, 0.2) is 11.5 Å². The van der Waals surface area contributed by atoms with Crippen molar-refractivity contribution >= 4 is 35.0 Å². The quantitative estimate of drug-likeness (QED) is 0.425. The predicted molar refractivity (Wildman–Crippen MR) is 139 cm³/mol. The molecule has 0 aromatic heterocycles. The number of carbonyl (C=O) groups is 2. The maximum Gasteiger partial charge on any atom is 0.247 e. The second-order valence-electron chi connectivity index (χ2n) is 8.96. The summed E-state index contributed by atoms with van der Waals surface area (Å²) in [5.41, 5.74) is 1.52. The Bertz CT molecular complexity index is 1020.